The third kappa shape index (κ3) is 1.39. The quantitative estimate of drug-likeness (QED) is 0.757. The number of amides is 1. The number of cyclic esters (lactones) is 1. The lowest BCUT2D eigenvalue weighted by Crippen LogP contribution is -2.19. The minimum atomic E-state index is -0.296. The summed E-state index contributed by atoms with van der Waals surface area (Å²) in [7, 11) is 0. The fourth-order valence-electron chi connectivity index (χ4n) is 2.53. The lowest BCUT2D eigenvalue weighted by molar-refractivity contribution is 0.177. The fraction of sp³-hybridized carbons (Fsp3) is 0.417. The molecular weight excluding hydrogens is 190 g/mol. The second-order valence-electron chi connectivity index (χ2n) is 4.13. The van der Waals surface area contributed by atoms with Crippen LogP contribution in [0.25, 0.3) is 0 Å². The molecule has 1 aliphatic carbocycles. The maximum atomic E-state index is 11.0. The van der Waals surface area contributed by atoms with Gasteiger partial charge in [-0.05, 0) is 36.0 Å². The van der Waals surface area contributed by atoms with Gasteiger partial charge in [-0.3, -0.25) is 0 Å². The third-order valence-corrected chi connectivity index (χ3v) is 3.23. The highest BCUT2D eigenvalue weighted by atomic mass is 16.6. The second kappa shape index (κ2) is 3.26. The van der Waals surface area contributed by atoms with Crippen LogP contribution in [0.3, 0.4) is 0 Å². The molecule has 1 amide bonds. The van der Waals surface area contributed by atoms with Crippen LogP contribution in [-0.2, 0) is 17.6 Å². The molecule has 1 aromatic rings. The maximum absolute atomic E-state index is 11.0. The average molecular weight is 203 g/mol. The molecule has 3 heteroatoms. The second-order valence-corrected chi connectivity index (χ2v) is 4.13. The Balaban J connectivity index is 1.98. The first kappa shape index (κ1) is 8.77. The first-order valence-corrected chi connectivity index (χ1v) is 5.38. The molecule has 78 valence electrons. The van der Waals surface area contributed by atoms with Crippen LogP contribution in [0, 0.1) is 0 Å². The average Bonchev–Trinajstić information content (AvgIpc) is 2.84. The molecule has 1 heterocycles. The Morgan fingerprint density at radius 1 is 1.33 bits per heavy atom. The first-order chi connectivity index (χ1) is 7.34. The molecule has 1 aliphatic heterocycles. The Bertz CT molecular complexity index is 414. The molecule has 1 N–H and O–H groups in total. The highest BCUT2D eigenvalue weighted by Crippen LogP contribution is 2.30. The van der Waals surface area contributed by atoms with Crippen molar-refractivity contribution in [2.75, 3.05) is 6.61 Å². The van der Waals surface area contributed by atoms with Crippen molar-refractivity contribution in [1.29, 1.82) is 0 Å². The van der Waals surface area contributed by atoms with E-state index in [2.05, 4.69) is 23.5 Å². The molecule has 3 rings (SSSR count). The van der Waals surface area contributed by atoms with Crippen LogP contribution in [0.15, 0.2) is 18.2 Å². The van der Waals surface area contributed by atoms with Gasteiger partial charge >= 0.3 is 6.09 Å². The van der Waals surface area contributed by atoms with Crippen molar-refractivity contribution >= 4 is 6.09 Å². The fourth-order valence-corrected chi connectivity index (χ4v) is 2.53. The van der Waals surface area contributed by atoms with Crippen LogP contribution < -0.4 is 5.32 Å². The molecule has 15 heavy (non-hydrogen) atoms. The molecule has 1 saturated heterocycles. The number of carbonyl (C=O) groups excluding carboxylic acids is 1. The number of nitrogens with one attached hydrogen (secondary N) is 1. The van der Waals surface area contributed by atoms with Crippen molar-refractivity contribution in [1.82, 2.24) is 5.32 Å². The molecule has 2 aliphatic rings. The molecule has 0 saturated carbocycles. The van der Waals surface area contributed by atoms with E-state index < -0.39 is 0 Å². The van der Waals surface area contributed by atoms with E-state index in [0.29, 0.717) is 6.61 Å². The summed E-state index contributed by atoms with van der Waals surface area (Å²) < 4.78 is 4.93. The van der Waals surface area contributed by atoms with Crippen LogP contribution in [0.1, 0.15) is 29.2 Å². The van der Waals surface area contributed by atoms with Gasteiger partial charge in [-0.25, -0.2) is 4.79 Å². The molecule has 0 radical (unpaired) electrons. The summed E-state index contributed by atoms with van der Waals surface area (Å²) in [6.45, 7) is 0.468. The molecular formula is C12H13NO2. The lowest BCUT2D eigenvalue weighted by Gasteiger charge is -2.12. The molecule has 0 spiro atoms. The number of aryl methyl sites for hydroxylation is 1. The van der Waals surface area contributed by atoms with Gasteiger partial charge in [-0.2, -0.15) is 0 Å². The SMILES string of the molecule is O=C1NC(c2cccc3c2CCC3)CO1. The standard InChI is InChI=1S/C12H13NO2/c14-12-13-11(7-15-12)10-6-2-4-8-3-1-5-9(8)10/h2,4,6,11H,1,3,5,7H2,(H,13,14). The maximum Gasteiger partial charge on any atom is 0.407 e. The monoisotopic (exact) mass is 203 g/mol. The highest BCUT2D eigenvalue weighted by Gasteiger charge is 2.27. The first-order valence-electron chi connectivity index (χ1n) is 5.38. The predicted molar refractivity (Wildman–Crippen MR) is 55.7 cm³/mol. The van der Waals surface area contributed by atoms with E-state index in [9.17, 15) is 4.79 Å². The van der Waals surface area contributed by atoms with Crippen LogP contribution in [0.2, 0.25) is 0 Å². The van der Waals surface area contributed by atoms with Crippen molar-refractivity contribution < 1.29 is 9.53 Å². The Labute approximate surface area is 88.4 Å². The van der Waals surface area contributed by atoms with Crippen LogP contribution in [0.4, 0.5) is 4.79 Å². The topological polar surface area (TPSA) is 38.3 Å². The van der Waals surface area contributed by atoms with E-state index >= 15 is 0 Å². The van der Waals surface area contributed by atoms with E-state index in [-0.39, 0.29) is 12.1 Å². The number of carbonyl (C=O) groups is 1. The van der Waals surface area contributed by atoms with E-state index in [4.69, 9.17) is 4.74 Å². The predicted octanol–water partition coefficient (Wildman–Crippen LogP) is 1.96. The number of fused-ring (bicyclic) bond motifs is 1. The third-order valence-electron chi connectivity index (χ3n) is 3.23. The van der Waals surface area contributed by atoms with Crippen molar-refractivity contribution in [3.05, 3.63) is 34.9 Å². The van der Waals surface area contributed by atoms with Crippen LogP contribution in [-0.4, -0.2) is 12.7 Å². The van der Waals surface area contributed by atoms with Crippen molar-refractivity contribution in [3.8, 4) is 0 Å². The Morgan fingerprint density at radius 2 is 2.27 bits per heavy atom. The van der Waals surface area contributed by atoms with Gasteiger partial charge in [0.2, 0.25) is 0 Å². The number of benzene rings is 1. The minimum absolute atomic E-state index is 0.0607. The molecule has 1 unspecified atom stereocenters. The Hall–Kier alpha value is -1.51. The normalized spacial score (nSPS) is 23.5. The molecule has 1 aromatic carbocycles. The minimum Gasteiger partial charge on any atom is -0.447 e. The van der Waals surface area contributed by atoms with E-state index in [1.54, 1.807) is 0 Å². The van der Waals surface area contributed by atoms with Gasteiger partial charge in [0.05, 0.1) is 6.04 Å². The summed E-state index contributed by atoms with van der Waals surface area (Å²) in [5.41, 5.74) is 4.11. The summed E-state index contributed by atoms with van der Waals surface area (Å²) in [6, 6.07) is 6.42. The Kier molecular flexibility index (Phi) is 1.91. The van der Waals surface area contributed by atoms with Gasteiger partial charge < -0.3 is 10.1 Å². The number of hydrogen-bond donors (Lipinski definition) is 1. The van der Waals surface area contributed by atoms with E-state index in [0.717, 1.165) is 6.42 Å². The number of ether oxygens (including phenoxy) is 1. The summed E-state index contributed by atoms with van der Waals surface area (Å²) in [6.07, 6.45) is 3.24. The Morgan fingerprint density at radius 3 is 3.07 bits per heavy atom. The molecule has 1 fully saturated rings. The van der Waals surface area contributed by atoms with Gasteiger partial charge in [0, 0.05) is 0 Å². The summed E-state index contributed by atoms with van der Waals surface area (Å²) >= 11 is 0. The van der Waals surface area contributed by atoms with E-state index in [1.807, 2.05) is 0 Å². The van der Waals surface area contributed by atoms with Gasteiger partial charge in [0.25, 0.3) is 0 Å². The summed E-state index contributed by atoms with van der Waals surface area (Å²) in [5, 5.41) is 2.84. The van der Waals surface area contributed by atoms with Gasteiger partial charge in [-0.15, -0.1) is 0 Å². The van der Waals surface area contributed by atoms with Gasteiger partial charge in [-0.1, -0.05) is 18.2 Å². The molecule has 3 nitrogen and oxygen atoms in total. The summed E-state index contributed by atoms with van der Waals surface area (Å²) in [5.74, 6) is 0. The van der Waals surface area contributed by atoms with Gasteiger partial charge in [0.15, 0.2) is 0 Å². The van der Waals surface area contributed by atoms with Gasteiger partial charge in [0.1, 0.15) is 6.61 Å². The molecule has 1 atom stereocenters. The highest BCUT2D eigenvalue weighted by molar-refractivity contribution is 5.70. The molecule has 0 aromatic heterocycles. The number of hydrogen-bond acceptors (Lipinski definition) is 2. The zero-order valence-corrected chi connectivity index (χ0v) is 8.45. The van der Waals surface area contributed by atoms with Crippen molar-refractivity contribution in [2.45, 2.75) is 25.3 Å². The lowest BCUT2D eigenvalue weighted by atomic mass is 9.98. The van der Waals surface area contributed by atoms with Crippen LogP contribution in [0.5, 0.6) is 0 Å². The zero-order valence-electron chi connectivity index (χ0n) is 8.45. The van der Waals surface area contributed by atoms with Crippen LogP contribution >= 0.6 is 0 Å². The number of rotatable bonds is 1. The molecule has 0 bridgehead atoms. The zero-order chi connectivity index (χ0) is 10.3. The summed E-state index contributed by atoms with van der Waals surface area (Å²) in [4.78, 5) is 11.0. The largest absolute Gasteiger partial charge is 0.447 e. The smallest absolute Gasteiger partial charge is 0.407 e. The van der Waals surface area contributed by atoms with Crippen molar-refractivity contribution in [2.24, 2.45) is 0 Å². The number of alkyl carbamates (subject to hydrolysis) is 1. The van der Waals surface area contributed by atoms with E-state index in [1.165, 1.54) is 29.5 Å². The van der Waals surface area contributed by atoms with Crippen molar-refractivity contribution in [3.63, 3.8) is 0 Å².